The monoisotopic (exact) mass is 307 g/mol. The van der Waals surface area contributed by atoms with E-state index >= 15 is 0 Å². The van der Waals surface area contributed by atoms with Crippen molar-refractivity contribution in [2.24, 2.45) is 5.41 Å². The molecule has 118 valence electrons. The molecule has 1 aromatic carbocycles. The Balaban J connectivity index is 2.12. The molecule has 4 rings (SSSR count). The van der Waals surface area contributed by atoms with Gasteiger partial charge in [0.1, 0.15) is 0 Å². The average Bonchev–Trinajstić information content (AvgIpc) is 2.83. The van der Waals surface area contributed by atoms with Crippen LogP contribution in [0, 0.1) is 5.41 Å². The lowest BCUT2D eigenvalue weighted by atomic mass is 9.75. The van der Waals surface area contributed by atoms with Gasteiger partial charge in [0, 0.05) is 12.1 Å². The fourth-order valence-corrected chi connectivity index (χ4v) is 3.77. The minimum atomic E-state index is -0.0229. The number of fused-ring (bicyclic) bond motifs is 4. The van der Waals surface area contributed by atoms with Gasteiger partial charge in [0.2, 0.25) is 5.78 Å². The van der Waals surface area contributed by atoms with Gasteiger partial charge in [-0.1, -0.05) is 39.3 Å². The molecule has 0 aliphatic heterocycles. The Morgan fingerprint density at radius 1 is 1.17 bits per heavy atom. The van der Waals surface area contributed by atoms with Gasteiger partial charge in [-0.25, -0.2) is 9.97 Å². The Morgan fingerprint density at radius 2 is 1.96 bits per heavy atom. The summed E-state index contributed by atoms with van der Waals surface area (Å²) in [6.07, 6.45) is 3.30. The summed E-state index contributed by atoms with van der Waals surface area (Å²) in [6.45, 7) is 6.43. The van der Waals surface area contributed by atoms with Gasteiger partial charge in [0.15, 0.2) is 5.78 Å². The number of carbonyl (C=O) groups excluding carboxylic acids is 1. The zero-order chi connectivity index (χ0) is 16.2. The minimum Gasteiger partial charge on any atom is -0.294 e. The molecule has 0 N–H and O–H groups in total. The molecular weight excluding hydrogens is 286 g/mol. The van der Waals surface area contributed by atoms with Crippen LogP contribution in [0.5, 0.6) is 0 Å². The number of carbonyl (C=O) groups is 1. The van der Waals surface area contributed by atoms with E-state index in [1.807, 2.05) is 18.2 Å². The predicted molar refractivity (Wildman–Crippen MR) is 90.9 cm³/mol. The molecule has 0 unspecified atom stereocenters. The second kappa shape index (κ2) is 4.88. The molecule has 3 aromatic rings. The summed E-state index contributed by atoms with van der Waals surface area (Å²) in [7, 11) is 0. The first-order chi connectivity index (χ1) is 11.0. The van der Waals surface area contributed by atoms with Gasteiger partial charge < -0.3 is 0 Å². The van der Waals surface area contributed by atoms with Crippen LogP contribution >= 0.6 is 0 Å². The third kappa shape index (κ3) is 2.16. The highest BCUT2D eigenvalue weighted by Gasteiger charge is 2.35. The van der Waals surface area contributed by atoms with Crippen molar-refractivity contribution in [3.8, 4) is 0 Å². The van der Waals surface area contributed by atoms with Crippen LogP contribution in [0.15, 0.2) is 24.3 Å². The van der Waals surface area contributed by atoms with Crippen LogP contribution in [0.25, 0.3) is 16.8 Å². The van der Waals surface area contributed by atoms with Crippen molar-refractivity contribution in [2.45, 2.75) is 46.5 Å². The summed E-state index contributed by atoms with van der Waals surface area (Å²) in [5.41, 5.74) is 4.82. The lowest BCUT2D eigenvalue weighted by Crippen LogP contribution is -2.30. The zero-order valence-corrected chi connectivity index (χ0v) is 13.9. The van der Waals surface area contributed by atoms with Gasteiger partial charge in [-0.3, -0.25) is 9.20 Å². The normalized spacial score (nSPS) is 16.9. The summed E-state index contributed by atoms with van der Waals surface area (Å²) >= 11 is 0. The largest absolute Gasteiger partial charge is 0.294 e. The molecule has 0 saturated carbocycles. The smallest absolute Gasteiger partial charge is 0.235 e. The first kappa shape index (κ1) is 14.4. The lowest BCUT2D eigenvalue weighted by molar-refractivity contribution is 0.0908. The molecule has 4 nitrogen and oxygen atoms in total. The highest BCUT2D eigenvalue weighted by atomic mass is 16.1. The van der Waals surface area contributed by atoms with E-state index in [2.05, 4.69) is 36.2 Å². The van der Waals surface area contributed by atoms with Crippen LogP contribution in [0.1, 0.15) is 55.4 Å². The van der Waals surface area contributed by atoms with E-state index in [4.69, 9.17) is 4.98 Å². The molecule has 0 spiro atoms. The maximum absolute atomic E-state index is 12.8. The number of imidazole rings is 1. The third-order valence-electron chi connectivity index (χ3n) is 4.68. The van der Waals surface area contributed by atoms with E-state index in [1.54, 1.807) is 0 Å². The number of aromatic nitrogens is 3. The Morgan fingerprint density at radius 3 is 2.74 bits per heavy atom. The number of Topliss-reactive ketones (excluding diaryl/α,β-unsaturated/α-hetero) is 1. The zero-order valence-electron chi connectivity index (χ0n) is 13.9. The summed E-state index contributed by atoms with van der Waals surface area (Å²) in [5.74, 6) is 0.950. The van der Waals surface area contributed by atoms with Gasteiger partial charge in [0.05, 0.1) is 22.3 Å². The second-order valence-electron chi connectivity index (χ2n) is 7.31. The van der Waals surface area contributed by atoms with Crippen LogP contribution in [-0.2, 0) is 12.8 Å². The van der Waals surface area contributed by atoms with E-state index < -0.39 is 0 Å². The second-order valence-corrected chi connectivity index (χ2v) is 7.31. The van der Waals surface area contributed by atoms with Gasteiger partial charge in [-0.2, -0.15) is 0 Å². The molecule has 1 aliphatic rings. The van der Waals surface area contributed by atoms with Crippen molar-refractivity contribution in [3.63, 3.8) is 0 Å². The average molecular weight is 307 g/mol. The van der Waals surface area contributed by atoms with Crippen molar-refractivity contribution >= 4 is 22.6 Å². The van der Waals surface area contributed by atoms with E-state index in [-0.39, 0.29) is 11.2 Å². The van der Waals surface area contributed by atoms with Crippen molar-refractivity contribution in [1.29, 1.82) is 0 Å². The number of aryl methyl sites for hydroxylation is 1. The van der Waals surface area contributed by atoms with Crippen molar-refractivity contribution in [1.82, 2.24) is 14.4 Å². The molecule has 4 heteroatoms. The van der Waals surface area contributed by atoms with Crippen LogP contribution in [0.3, 0.4) is 0 Å². The standard InChI is InChI=1S/C19H21N3O/c1-4-7-15-17-13(10-19(2,3)11-16(17)23)21-18-20-12-8-5-6-9-14(12)22(15)18/h5-6,8-9H,4,7,10-11H2,1-3H3. The molecular formula is C19H21N3O. The Bertz CT molecular complexity index is 937. The maximum atomic E-state index is 12.8. The Hall–Kier alpha value is -2.23. The van der Waals surface area contributed by atoms with Gasteiger partial charge >= 0.3 is 0 Å². The maximum Gasteiger partial charge on any atom is 0.235 e. The quantitative estimate of drug-likeness (QED) is 0.719. The molecule has 0 bridgehead atoms. The van der Waals surface area contributed by atoms with E-state index in [0.29, 0.717) is 6.42 Å². The molecule has 0 radical (unpaired) electrons. The minimum absolute atomic E-state index is 0.0229. The van der Waals surface area contributed by atoms with Crippen molar-refractivity contribution in [3.05, 3.63) is 41.2 Å². The number of benzene rings is 1. The highest BCUT2D eigenvalue weighted by molar-refractivity contribution is 6.00. The van der Waals surface area contributed by atoms with E-state index in [1.165, 1.54) is 0 Å². The molecule has 0 fully saturated rings. The molecule has 0 amide bonds. The number of ketones is 1. The number of para-hydroxylation sites is 2. The number of nitrogens with zero attached hydrogens (tertiary/aromatic N) is 3. The SMILES string of the molecule is CCCc1c2c(nc3nc4ccccc4n13)CC(C)(C)CC2=O. The topological polar surface area (TPSA) is 47.3 Å². The molecule has 23 heavy (non-hydrogen) atoms. The van der Waals surface area contributed by atoms with Crippen LogP contribution in [0.4, 0.5) is 0 Å². The molecule has 1 aliphatic carbocycles. The van der Waals surface area contributed by atoms with E-state index in [9.17, 15) is 4.79 Å². The molecule has 0 saturated heterocycles. The predicted octanol–water partition coefficient (Wildman–Crippen LogP) is 3.99. The van der Waals surface area contributed by atoms with Crippen LogP contribution < -0.4 is 0 Å². The first-order valence-electron chi connectivity index (χ1n) is 8.32. The summed E-state index contributed by atoms with van der Waals surface area (Å²) in [6, 6.07) is 8.06. The molecule has 2 aromatic heterocycles. The Labute approximate surface area is 135 Å². The lowest BCUT2D eigenvalue weighted by Gasteiger charge is -2.30. The number of hydrogen-bond acceptors (Lipinski definition) is 3. The van der Waals surface area contributed by atoms with Crippen molar-refractivity contribution in [2.75, 3.05) is 0 Å². The first-order valence-corrected chi connectivity index (χ1v) is 8.32. The highest BCUT2D eigenvalue weighted by Crippen LogP contribution is 2.36. The van der Waals surface area contributed by atoms with Gasteiger partial charge in [-0.05, 0) is 30.4 Å². The van der Waals surface area contributed by atoms with Crippen LogP contribution in [-0.4, -0.2) is 20.2 Å². The Kier molecular flexibility index (Phi) is 3.05. The van der Waals surface area contributed by atoms with E-state index in [0.717, 1.165) is 53.0 Å². The van der Waals surface area contributed by atoms with Crippen LogP contribution in [0.2, 0.25) is 0 Å². The van der Waals surface area contributed by atoms with Gasteiger partial charge in [0.25, 0.3) is 0 Å². The molecule has 0 atom stereocenters. The summed E-state index contributed by atoms with van der Waals surface area (Å²) < 4.78 is 2.09. The summed E-state index contributed by atoms with van der Waals surface area (Å²) in [5, 5.41) is 0. The summed E-state index contributed by atoms with van der Waals surface area (Å²) in [4.78, 5) is 22.3. The third-order valence-corrected chi connectivity index (χ3v) is 4.68. The number of hydrogen-bond donors (Lipinski definition) is 0. The fourth-order valence-electron chi connectivity index (χ4n) is 3.77. The van der Waals surface area contributed by atoms with Gasteiger partial charge in [-0.15, -0.1) is 0 Å². The fraction of sp³-hybridized carbons (Fsp3) is 0.421. The molecule has 2 heterocycles. The number of rotatable bonds is 2. The van der Waals surface area contributed by atoms with Crippen molar-refractivity contribution < 1.29 is 4.79 Å².